The number of benzene rings is 1. The third kappa shape index (κ3) is 4.55. The molecule has 0 unspecified atom stereocenters. The maximum atomic E-state index is 13.8. The summed E-state index contributed by atoms with van der Waals surface area (Å²) in [5, 5.41) is 3.21. The molecule has 0 bridgehead atoms. The number of nitrogens with zero attached hydrogens (tertiary/aromatic N) is 1. The molecule has 0 radical (unpaired) electrons. The van der Waals surface area contributed by atoms with E-state index in [1.165, 1.54) is 12.8 Å². The molecule has 1 amide bonds. The smallest absolute Gasteiger partial charge is 0.256 e. The molecule has 128 valence electrons. The van der Waals surface area contributed by atoms with Crippen molar-refractivity contribution in [3.63, 3.8) is 0 Å². The molecule has 1 heterocycles. The Hall–Kier alpha value is -0.910. The maximum absolute atomic E-state index is 13.8. The predicted octanol–water partition coefficient (Wildman–Crippen LogP) is 3.64. The van der Waals surface area contributed by atoms with Crippen molar-refractivity contribution < 1.29 is 13.6 Å². The summed E-state index contributed by atoms with van der Waals surface area (Å²) in [6, 6.07) is 2.15. The third-order valence-electron chi connectivity index (χ3n) is 4.41. The first-order valence-corrected chi connectivity index (χ1v) is 8.09. The van der Waals surface area contributed by atoms with E-state index in [9.17, 15) is 13.6 Å². The lowest BCUT2D eigenvalue weighted by molar-refractivity contribution is 0.0699. The summed E-state index contributed by atoms with van der Waals surface area (Å²) in [6.45, 7) is 2.17. The van der Waals surface area contributed by atoms with Gasteiger partial charge in [0, 0.05) is 19.1 Å². The van der Waals surface area contributed by atoms with Gasteiger partial charge in [-0.2, -0.15) is 0 Å². The minimum absolute atomic E-state index is 0. The summed E-state index contributed by atoms with van der Waals surface area (Å²) in [7, 11) is 0. The number of amides is 1. The van der Waals surface area contributed by atoms with Crippen LogP contribution in [0.5, 0.6) is 0 Å². The summed E-state index contributed by atoms with van der Waals surface area (Å²) in [4.78, 5) is 13.9. The topological polar surface area (TPSA) is 32.3 Å². The summed E-state index contributed by atoms with van der Waals surface area (Å²) in [6.07, 6.45) is 4.31. The average molecular weight is 365 g/mol. The predicted molar refractivity (Wildman–Crippen MR) is 88.3 cm³/mol. The standard InChI is InChI=1S/C16H19ClF2N2O.ClH/c17-13-8-14(18)12(7-15(13)19)16(22)21-5-3-11(4-6-21)20-9-10-1-2-10;/h7-8,10-11,20H,1-6,9H2;1H. The van der Waals surface area contributed by atoms with Gasteiger partial charge in [-0.1, -0.05) is 11.6 Å². The highest BCUT2D eigenvalue weighted by atomic mass is 35.5. The van der Waals surface area contributed by atoms with E-state index in [0.717, 1.165) is 37.4 Å². The highest BCUT2D eigenvalue weighted by Gasteiger charge is 2.27. The molecule has 0 spiro atoms. The van der Waals surface area contributed by atoms with E-state index < -0.39 is 17.5 Å². The zero-order valence-corrected chi connectivity index (χ0v) is 14.2. The number of nitrogens with one attached hydrogen (secondary N) is 1. The van der Waals surface area contributed by atoms with E-state index in [1.54, 1.807) is 4.90 Å². The van der Waals surface area contributed by atoms with Crippen LogP contribution in [0.4, 0.5) is 8.78 Å². The fourth-order valence-corrected chi connectivity index (χ4v) is 2.95. The molecule has 1 aromatic rings. The molecule has 3 rings (SSSR count). The molecule has 0 aromatic heterocycles. The second-order valence-electron chi connectivity index (χ2n) is 6.16. The number of carbonyl (C=O) groups is 1. The van der Waals surface area contributed by atoms with Crippen molar-refractivity contribution in [2.45, 2.75) is 31.7 Å². The molecule has 2 fully saturated rings. The molecular weight excluding hydrogens is 345 g/mol. The van der Waals surface area contributed by atoms with Crippen LogP contribution in [-0.2, 0) is 0 Å². The molecule has 1 saturated carbocycles. The van der Waals surface area contributed by atoms with Gasteiger partial charge < -0.3 is 10.2 Å². The van der Waals surface area contributed by atoms with Crippen molar-refractivity contribution in [3.05, 3.63) is 34.4 Å². The van der Waals surface area contributed by atoms with E-state index in [0.29, 0.717) is 19.1 Å². The Labute approximate surface area is 145 Å². The van der Waals surface area contributed by atoms with Gasteiger partial charge in [0.15, 0.2) is 0 Å². The van der Waals surface area contributed by atoms with Crippen molar-refractivity contribution in [3.8, 4) is 0 Å². The van der Waals surface area contributed by atoms with E-state index in [-0.39, 0.29) is 23.0 Å². The highest BCUT2D eigenvalue weighted by molar-refractivity contribution is 6.30. The summed E-state index contributed by atoms with van der Waals surface area (Å²) in [5.41, 5.74) is -0.244. The van der Waals surface area contributed by atoms with E-state index in [1.807, 2.05) is 0 Å². The largest absolute Gasteiger partial charge is 0.338 e. The molecule has 1 N–H and O–H groups in total. The molecule has 1 aliphatic carbocycles. The van der Waals surface area contributed by atoms with Gasteiger partial charge in [-0.15, -0.1) is 12.4 Å². The number of halogens is 4. The van der Waals surface area contributed by atoms with Crippen LogP contribution in [0.1, 0.15) is 36.0 Å². The Bertz CT molecular complexity index is 573. The van der Waals surface area contributed by atoms with Crippen molar-refractivity contribution in [2.75, 3.05) is 19.6 Å². The molecule has 3 nitrogen and oxygen atoms in total. The van der Waals surface area contributed by atoms with Crippen LogP contribution < -0.4 is 5.32 Å². The normalized spacial score (nSPS) is 18.7. The number of rotatable bonds is 4. The summed E-state index contributed by atoms with van der Waals surface area (Å²) < 4.78 is 27.3. The fourth-order valence-electron chi connectivity index (χ4n) is 2.80. The third-order valence-corrected chi connectivity index (χ3v) is 4.70. The van der Waals surface area contributed by atoms with Crippen molar-refractivity contribution in [1.82, 2.24) is 10.2 Å². The number of carbonyl (C=O) groups excluding carboxylic acids is 1. The molecule has 7 heteroatoms. The van der Waals surface area contributed by atoms with Gasteiger partial charge in [-0.05, 0) is 50.3 Å². The van der Waals surface area contributed by atoms with Gasteiger partial charge in [0.05, 0.1) is 10.6 Å². The van der Waals surface area contributed by atoms with Gasteiger partial charge in [0.1, 0.15) is 11.6 Å². The lowest BCUT2D eigenvalue weighted by atomic mass is 10.0. The maximum Gasteiger partial charge on any atom is 0.256 e. The number of likely N-dealkylation sites (tertiary alicyclic amines) is 1. The fraction of sp³-hybridized carbons (Fsp3) is 0.562. The van der Waals surface area contributed by atoms with Gasteiger partial charge in [0.25, 0.3) is 5.91 Å². The second-order valence-corrected chi connectivity index (χ2v) is 6.57. The van der Waals surface area contributed by atoms with Crippen LogP contribution in [0.2, 0.25) is 5.02 Å². The monoisotopic (exact) mass is 364 g/mol. The Balaban J connectivity index is 0.00000192. The minimum atomic E-state index is -0.773. The van der Waals surface area contributed by atoms with Crippen LogP contribution in [-0.4, -0.2) is 36.5 Å². The lowest BCUT2D eigenvalue weighted by Crippen LogP contribution is -2.45. The first-order valence-electron chi connectivity index (χ1n) is 7.72. The first kappa shape index (κ1) is 18.4. The second kappa shape index (κ2) is 7.77. The quantitative estimate of drug-likeness (QED) is 0.827. The molecule has 1 aliphatic heterocycles. The molecular formula is C16H20Cl2F2N2O. The van der Waals surface area contributed by atoms with Gasteiger partial charge in [-0.3, -0.25) is 4.79 Å². The highest BCUT2D eigenvalue weighted by Crippen LogP contribution is 2.28. The van der Waals surface area contributed by atoms with Gasteiger partial charge in [-0.25, -0.2) is 8.78 Å². The van der Waals surface area contributed by atoms with Crippen molar-refractivity contribution in [2.24, 2.45) is 5.92 Å². The molecule has 1 saturated heterocycles. The van der Waals surface area contributed by atoms with E-state index in [4.69, 9.17) is 11.6 Å². The number of hydrogen-bond donors (Lipinski definition) is 1. The molecule has 1 aromatic carbocycles. The van der Waals surface area contributed by atoms with Crippen LogP contribution in [0, 0.1) is 17.6 Å². The van der Waals surface area contributed by atoms with Crippen LogP contribution in [0.3, 0.4) is 0 Å². The van der Waals surface area contributed by atoms with Gasteiger partial charge >= 0.3 is 0 Å². The van der Waals surface area contributed by atoms with E-state index >= 15 is 0 Å². The zero-order chi connectivity index (χ0) is 15.7. The van der Waals surface area contributed by atoms with Crippen molar-refractivity contribution >= 4 is 29.9 Å². The van der Waals surface area contributed by atoms with Crippen LogP contribution in [0.25, 0.3) is 0 Å². The number of piperidine rings is 1. The molecule has 0 atom stereocenters. The van der Waals surface area contributed by atoms with E-state index in [2.05, 4.69) is 5.32 Å². The Kier molecular flexibility index (Phi) is 6.23. The summed E-state index contributed by atoms with van der Waals surface area (Å²) in [5.74, 6) is -1.18. The van der Waals surface area contributed by atoms with Crippen LogP contribution in [0.15, 0.2) is 12.1 Å². The van der Waals surface area contributed by atoms with Crippen LogP contribution >= 0.6 is 24.0 Å². The SMILES string of the molecule is Cl.O=C(c1cc(F)c(Cl)cc1F)N1CCC(NCC2CC2)CC1. The molecule has 23 heavy (non-hydrogen) atoms. The zero-order valence-electron chi connectivity index (χ0n) is 12.7. The number of hydrogen-bond acceptors (Lipinski definition) is 2. The average Bonchev–Trinajstić information content (AvgIpc) is 3.33. The Morgan fingerprint density at radius 2 is 1.83 bits per heavy atom. The summed E-state index contributed by atoms with van der Waals surface area (Å²) >= 11 is 5.51. The lowest BCUT2D eigenvalue weighted by Gasteiger charge is -2.32. The van der Waals surface area contributed by atoms with Gasteiger partial charge in [0.2, 0.25) is 0 Å². The first-order chi connectivity index (χ1) is 10.5. The Morgan fingerprint density at radius 1 is 1.17 bits per heavy atom. The Morgan fingerprint density at radius 3 is 2.43 bits per heavy atom. The minimum Gasteiger partial charge on any atom is -0.338 e. The molecule has 2 aliphatic rings. The van der Waals surface area contributed by atoms with Crippen molar-refractivity contribution in [1.29, 1.82) is 0 Å².